The predicted molar refractivity (Wildman–Crippen MR) is 74.0 cm³/mol. The van der Waals surface area contributed by atoms with E-state index >= 15 is 0 Å². The minimum atomic E-state index is -2.05. The molecule has 0 aromatic carbocycles. The molecule has 2 fully saturated rings. The molecule has 2 saturated heterocycles. The van der Waals surface area contributed by atoms with Gasteiger partial charge in [0.15, 0.2) is 6.10 Å². The van der Waals surface area contributed by atoms with Crippen LogP contribution in [0.2, 0.25) is 0 Å². The van der Waals surface area contributed by atoms with Gasteiger partial charge >= 0.3 is 6.16 Å². The highest BCUT2D eigenvalue weighted by molar-refractivity contribution is 6.76. The maximum Gasteiger partial charge on any atom is 0.509 e. The van der Waals surface area contributed by atoms with Crippen LogP contribution in [0.25, 0.3) is 0 Å². The van der Waals surface area contributed by atoms with Crippen LogP contribution >= 0.6 is 34.8 Å². The molecule has 10 heteroatoms. The molecule has 0 aliphatic carbocycles. The topological polar surface area (TPSA) is 87.1 Å². The zero-order valence-corrected chi connectivity index (χ0v) is 13.7. The Balaban J connectivity index is 2.22. The third kappa shape index (κ3) is 3.32. The van der Waals surface area contributed by atoms with Gasteiger partial charge in [0.1, 0.15) is 6.10 Å². The van der Waals surface area contributed by atoms with Crippen molar-refractivity contribution >= 4 is 46.9 Å². The van der Waals surface area contributed by atoms with Crippen molar-refractivity contribution in [2.75, 3.05) is 7.11 Å². The van der Waals surface area contributed by atoms with Crippen molar-refractivity contribution in [2.24, 2.45) is 0 Å². The largest absolute Gasteiger partial charge is 0.509 e. The van der Waals surface area contributed by atoms with Gasteiger partial charge in [0, 0.05) is 7.11 Å². The molecule has 1 unspecified atom stereocenters. The zero-order chi connectivity index (χ0) is 16.0. The third-order valence-corrected chi connectivity index (χ3v) is 3.72. The lowest BCUT2D eigenvalue weighted by Gasteiger charge is -2.45. The second-order valence-electron chi connectivity index (χ2n) is 5.11. The molecule has 0 amide bonds. The first-order valence-corrected chi connectivity index (χ1v) is 7.10. The van der Waals surface area contributed by atoms with Crippen molar-refractivity contribution in [3.63, 3.8) is 0 Å². The minimum Gasteiger partial charge on any atom is -0.444 e. The Hall–Kier alpha value is -0.470. The minimum absolute atomic E-state index is 0.573. The van der Waals surface area contributed by atoms with E-state index in [1.807, 2.05) is 0 Å². The number of methoxy groups -OCH3 is 1. The number of hydrogen-bond donors (Lipinski definition) is 1. The molecule has 7 nitrogen and oxygen atoms in total. The molecule has 2 aliphatic rings. The predicted octanol–water partition coefficient (Wildman–Crippen LogP) is 2.40. The van der Waals surface area contributed by atoms with Crippen molar-refractivity contribution in [3.05, 3.63) is 0 Å². The second kappa shape index (κ2) is 5.62. The summed E-state index contributed by atoms with van der Waals surface area (Å²) >= 11 is 16.7. The summed E-state index contributed by atoms with van der Waals surface area (Å²) in [6.07, 6.45) is -4.27. The highest BCUT2D eigenvalue weighted by atomic mass is 35.6. The molecule has 2 heterocycles. The number of carbonyl (C=O) groups is 1. The number of halogens is 3. The molecule has 0 radical (unpaired) electrons. The van der Waals surface area contributed by atoms with Crippen LogP contribution in [0.4, 0.5) is 4.79 Å². The number of hydrogen-bond acceptors (Lipinski definition) is 7. The molecule has 0 aromatic heterocycles. The Morgan fingerprint density at radius 1 is 1.29 bits per heavy atom. The maximum atomic E-state index is 11.4. The van der Waals surface area contributed by atoms with Gasteiger partial charge in [-0.15, -0.1) is 0 Å². The number of rotatable bonds is 2. The smallest absolute Gasteiger partial charge is 0.444 e. The average molecular weight is 363 g/mol. The van der Waals surface area contributed by atoms with Crippen molar-refractivity contribution in [2.45, 2.75) is 47.8 Å². The molecule has 2 aliphatic heterocycles. The fourth-order valence-corrected chi connectivity index (χ4v) is 2.48. The van der Waals surface area contributed by atoms with Crippen molar-refractivity contribution in [1.82, 2.24) is 0 Å². The van der Waals surface area contributed by atoms with Gasteiger partial charge in [0.25, 0.3) is 3.79 Å². The molecule has 1 N–H and O–H groups in total. The molecule has 21 heavy (non-hydrogen) atoms. The summed E-state index contributed by atoms with van der Waals surface area (Å²) in [5, 5.41) is 7.59. The molecular formula is C11H14Cl3NO6. The summed E-state index contributed by atoms with van der Waals surface area (Å²) in [4.78, 5) is 11.4. The van der Waals surface area contributed by atoms with Crippen LogP contribution in [-0.2, 0) is 23.7 Å². The van der Waals surface area contributed by atoms with Crippen LogP contribution in [0.1, 0.15) is 13.8 Å². The fraction of sp³-hybridized carbons (Fsp3) is 0.818. The Kier molecular flexibility index (Phi) is 4.52. The molecule has 120 valence electrons. The molecule has 0 bridgehead atoms. The summed E-state index contributed by atoms with van der Waals surface area (Å²) in [6, 6.07) is 0. The van der Waals surface area contributed by atoms with Gasteiger partial charge in [0.05, 0.1) is 5.60 Å². The lowest BCUT2D eigenvalue weighted by Crippen LogP contribution is -2.62. The van der Waals surface area contributed by atoms with E-state index in [2.05, 4.69) is 0 Å². The highest BCUT2D eigenvalue weighted by Crippen LogP contribution is 2.39. The molecule has 0 saturated carbocycles. The van der Waals surface area contributed by atoms with E-state index in [-0.39, 0.29) is 0 Å². The van der Waals surface area contributed by atoms with E-state index in [9.17, 15) is 4.79 Å². The van der Waals surface area contributed by atoms with E-state index in [0.717, 1.165) is 0 Å². The number of alkyl halides is 3. The standard InChI is InChI=1S/C11H14Cl3NO6/c1-10(2)6(17-3)4-5(19-9(16)18-4)7(21-10)20-8(15)11(12,13)14/h4-7,15H,1-3H3/t4-,5+,6-,7?/m1/s1. The summed E-state index contributed by atoms with van der Waals surface area (Å²) < 4.78 is 24.2. The van der Waals surface area contributed by atoms with E-state index < -0.39 is 46.0 Å². The van der Waals surface area contributed by atoms with Gasteiger partial charge < -0.3 is 23.7 Å². The first-order chi connectivity index (χ1) is 9.56. The van der Waals surface area contributed by atoms with Gasteiger partial charge in [-0.1, -0.05) is 34.8 Å². The van der Waals surface area contributed by atoms with Crippen LogP contribution in [0.15, 0.2) is 0 Å². The number of nitrogens with one attached hydrogen (secondary N) is 1. The molecule has 2 rings (SSSR count). The van der Waals surface area contributed by atoms with E-state index in [4.69, 9.17) is 63.9 Å². The Bertz CT molecular complexity index is 452. The van der Waals surface area contributed by atoms with Gasteiger partial charge in [-0.05, 0) is 13.8 Å². The SMILES string of the molecule is CO[C@@H]1[C@@H]2OC(=O)O[C@@H]2C(OC(=N)C(Cl)(Cl)Cl)OC1(C)C. The van der Waals surface area contributed by atoms with Crippen molar-refractivity contribution in [3.8, 4) is 0 Å². The lowest BCUT2D eigenvalue weighted by atomic mass is 9.89. The first kappa shape index (κ1) is 16.9. The summed E-state index contributed by atoms with van der Waals surface area (Å²) in [5.41, 5.74) is -0.873. The highest BCUT2D eigenvalue weighted by Gasteiger charge is 2.59. The van der Waals surface area contributed by atoms with E-state index in [0.29, 0.717) is 0 Å². The fourth-order valence-electron chi connectivity index (χ4n) is 2.35. The maximum absolute atomic E-state index is 11.4. The monoisotopic (exact) mass is 361 g/mol. The first-order valence-electron chi connectivity index (χ1n) is 5.96. The van der Waals surface area contributed by atoms with Gasteiger partial charge in [-0.2, -0.15) is 0 Å². The average Bonchev–Trinajstić information content (AvgIpc) is 2.68. The van der Waals surface area contributed by atoms with Crippen LogP contribution < -0.4 is 0 Å². The molecular weight excluding hydrogens is 348 g/mol. The number of carbonyl (C=O) groups excluding carboxylic acids is 1. The van der Waals surface area contributed by atoms with Crippen LogP contribution in [-0.4, -0.2) is 53.2 Å². The van der Waals surface area contributed by atoms with Gasteiger partial charge in [-0.3, -0.25) is 5.41 Å². The number of fused-ring (bicyclic) bond motifs is 1. The summed E-state index contributed by atoms with van der Waals surface area (Å²) in [5.74, 6) is -0.647. The molecule has 0 aromatic rings. The quantitative estimate of drug-likeness (QED) is 0.351. The Labute approximate surface area is 136 Å². The molecule has 4 atom stereocenters. The van der Waals surface area contributed by atoms with E-state index in [1.54, 1.807) is 13.8 Å². The summed E-state index contributed by atoms with van der Waals surface area (Å²) in [6.45, 7) is 3.44. The Morgan fingerprint density at radius 3 is 2.38 bits per heavy atom. The zero-order valence-electron chi connectivity index (χ0n) is 11.4. The van der Waals surface area contributed by atoms with Crippen LogP contribution in [0.3, 0.4) is 0 Å². The number of ether oxygens (including phenoxy) is 5. The Morgan fingerprint density at radius 2 is 1.86 bits per heavy atom. The summed E-state index contributed by atoms with van der Waals surface area (Å²) in [7, 11) is 1.46. The van der Waals surface area contributed by atoms with Crippen molar-refractivity contribution < 1.29 is 28.5 Å². The third-order valence-electron chi connectivity index (χ3n) is 3.21. The normalized spacial score (nSPS) is 34.7. The lowest BCUT2D eigenvalue weighted by molar-refractivity contribution is -0.287. The van der Waals surface area contributed by atoms with Crippen LogP contribution in [0, 0.1) is 5.41 Å². The van der Waals surface area contributed by atoms with Gasteiger partial charge in [-0.25, -0.2) is 4.79 Å². The van der Waals surface area contributed by atoms with Crippen molar-refractivity contribution in [1.29, 1.82) is 5.41 Å². The van der Waals surface area contributed by atoms with Gasteiger partial charge in [0.2, 0.25) is 18.3 Å². The second-order valence-corrected chi connectivity index (χ2v) is 7.39. The molecule has 0 spiro atoms. The van der Waals surface area contributed by atoms with Crippen LogP contribution in [0.5, 0.6) is 0 Å². The van der Waals surface area contributed by atoms with E-state index in [1.165, 1.54) is 7.11 Å².